The molecule has 0 aliphatic carbocycles. The second-order valence-corrected chi connectivity index (χ2v) is 5.92. The van der Waals surface area contributed by atoms with Crippen molar-refractivity contribution in [1.29, 1.82) is 0 Å². The summed E-state index contributed by atoms with van der Waals surface area (Å²) in [4.78, 5) is 24.7. The van der Waals surface area contributed by atoms with Gasteiger partial charge < -0.3 is 4.42 Å². The predicted molar refractivity (Wildman–Crippen MR) is 103 cm³/mol. The number of hydrazine groups is 1. The maximum absolute atomic E-state index is 12.7. The molecule has 2 aromatic heterocycles. The second kappa shape index (κ2) is 7.63. The van der Waals surface area contributed by atoms with Crippen LogP contribution in [0.5, 0.6) is 0 Å². The summed E-state index contributed by atoms with van der Waals surface area (Å²) in [5.74, 6) is -0.931. The maximum Gasteiger partial charge on any atom is 0.305 e. The van der Waals surface area contributed by atoms with E-state index in [1.165, 1.54) is 12.3 Å². The zero-order chi connectivity index (χ0) is 19.3. The summed E-state index contributed by atoms with van der Waals surface area (Å²) in [6.07, 6.45) is 3.01. The fraction of sp³-hybridized carbons (Fsp3) is 0. The van der Waals surface area contributed by atoms with Crippen LogP contribution in [0.4, 0.5) is 0 Å². The second-order valence-electron chi connectivity index (χ2n) is 5.92. The van der Waals surface area contributed by atoms with Gasteiger partial charge in [-0.2, -0.15) is 5.10 Å². The van der Waals surface area contributed by atoms with Crippen LogP contribution in [0.2, 0.25) is 0 Å². The number of rotatable bonds is 4. The monoisotopic (exact) mass is 372 g/mol. The van der Waals surface area contributed by atoms with Gasteiger partial charge in [0, 0.05) is 11.8 Å². The van der Waals surface area contributed by atoms with Gasteiger partial charge >= 0.3 is 5.91 Å². The van der Waals surface area contributed by atoms with Gasteiger partial charge in [0.15, 0.2) is 5.76 Å². The molecule has 7 heteroatoms. The summed E-state index contributed by atoms with van der Waals surface area (Å²) in [6, 6.07) is 21.9. The highest BCUT2D eigenvalue weighted by molar-refractivity contribution is 6.01. The number of furan rings is 1. The number of nitrogens with one attached hydrogen (secondary N) is 2. The van der Waals surface area contributed by atoms with Gasteiger partial charge in [-0.15, -0.1) is 0 Å². The highest BCUT2D eigenvalue weighted by atomic mass is 16.3. The van der Waals surface area contributed by atoms with Crippen LogP contribution < -0.4 is 10.9 Å². The molecule has 4 rings (SSSR count). The molecule has 0 saturated heterocycles. The Balaban J connectivity index is 1.63. The van der Waals surface area contributed by atoms with Gasteiger partial charge in [0.2, 0.25) is 0 Å². The van der Waals surface area contributed by atoms with E-state index in [4.69, 9.17) is 4.42 Å². The Morgan fingerprint density at radius 1 is 0.821 bits per heavy atom. The number of carbonyl (C=O) groups excluding carboxylic acids is 2. The molecule has 2 N–H and O–H groups in total. The van der Waals surface area contributed by atoms with Crippen LogP contribution in [0.25, 0.3) is 16.9 Å². The third-order valence-electron chi connectivity index (χ3n) is 4.06. The van der Waals surface area contributed by atoms with Crippen molar-refractivity contribution >= 4 is 11.8 Å². The SMILES string of the molecule is O=C(NNC(=O)c1cn(-c2ccccc2)nc1-c1ccccc1)c1ccco1. The van der Waals surface area contributed by atoms with Crippen molar-refractivity contribution in [3.8, 4) is 16.9 Å². The Morgan fingerprint density at radius 2 is 1.50 bits per heavy atom. The number of aromatic nitrogens is 2. The van der Waals surface area contributed by atoms with Gasteiger partial charge in [-0.25, -0.2) is 4.68 Å². The van der Waals surface area contributed by atoms with Crippen molar-refractivity contribution in [3.05, 3.63) is 96.6 Å². The highest BCUT2D eigenvalue weighted by Gasteiger charge is 2.19. The van der Waals surface area contributed by atoms with Crippen molar-refractivity contribution in [1.82, 2.24) is 20.6 Å². The number of hydrogen-bond donors (Lipinski definition) is 2. The fourth-order valence-electron chi connectivity index (χ4n) is 2.71. The van der Waals surface area contributed by atoms with E-state index in [9.17, 15) is 9.59 Å². The van der Waals surface area contributed by atoms with E-state index in [-0.39, 0.29) is 5.76 Å². The predicted octanol–water partition coefficient (Wildman–Crippen LogP) is 3.21. The van der Waals surface area contributed by atoms with E-state index in [1.807, 2.05) is 60.7 Å². The molecule has 7 nitrogen and oxygen atoms in total. The minimum Gasteiger partial charge on any atom is -0.459 e. The normalized spacial score (nSPS) is 10.4. The molecule has 0 saturated carbocycles. The van der Waals surface area contributed by atoms with Crippen LogP contribution in [0.3, 0.4) is 0 Å². The van der Waals surface area contributed by atoms with Gasteiger partial charge in [-0.3, -0.25) is 20.4 Å². The molecule has 0 fully saturated rings. The first kappa shape index (κ1) is 17.3. The molecule has 0 aliphatic rings. The Labute approximate surface area is 160 Å². The molecule has 2 heterocycles. The number of benzene rings is 2. The summed E-state index contributed by atoms with van der Waals surface area (Å²) in [5.41, 5.74) is 7.20. The highest BCUT2D eigenvalue weighted by Crippen LogP contribution is 2.23. The van der Waals surface area contributed by atoms with Crippen LogP contribution in [0, 0.1) is 0 Å². The standard InChI is InChI=1S/C21H16N4O3/c26-20(22-23-21(27)18-12-7-13-28-18)17-14-25(16-10-5-2-6-11-16)24-19(17)15-8-3-1-4-9-15/h1-14H,(H,22,26)(H,23,27). The van der Waals surface area contributed by atoms with Gasteiger partial charge in [0.25, 0.3) is 5.91 Å². The molecule has 28 heavy (non-hydrogen) atoms. The molecule has 2 amide bonds. The van der Waals surface area contributed by atoms with Crippen molar-refractivity contribution < 1.29 is 14.0 Å². The summed E-state index contributed by atoms with van der Waals surface area (Å²) in [7, 11) is 0. The minimum atomic E-state index is -0.546. The van der Waals surface area contributed by atoms with Crippen molar-refractivity contribution in [3.63, 3.8) is 0 Å². The summed E-state index contributed by atoms with van der Waals surface area (Å²) in [6.45, 7) is 0. The van der Waals surface area contributed by atoms with Crippen molar-refractivity contribution in [2.75, 3.05) is 0 Å². The third kappa shape index (κ3) is 3.54. The smallest absolute Gasteiger partial charge is 0.305 e. The van der Waals surface area contributed by atoms with Gasteiger partial charge in [0.05, 0.1) is 17.5 Å². The number of hydrogen-bond acceptors (Lipinski definition) is 4. The largest absolute Gasteiger partial charge is 0.459 e. The molecule has 2 aromatic carbocycles. The van der Waals surface area contributed by atoms with E-state index in [0.29, 0.717) is 11.3 Å². The first-order valence-electron chi connectivity index (χ1n) is 8.57. The third-order valence-corrected chi connectivity index (χ3v) is 4.06. The van der Waals surface area contributed by atoms with E-state index in [2.05, 4.69) is 16.0 Å². The number of carbonyl (C=O) groups is 2. The minimum absolute atomic E-state index is 0.101. The molecule has 0 radical (unpaired) electrons. The Hall–Kier alpha value is -4.13. The molecule has 138 valence electrons. The molecular formula is C21H16N4O3. The lowest BCUT2D eigenvalue weighted by Crippen LogP contribution is -2.41. The molecular weight excluding hydrogens is 356 g/mol. The van der Waals surface area contributed by atoms with E-state index in [0.717, 1.165) is 11.3 Å². The molecule has 0 aliphatic heterocycles. The van der Waals surface area contributed by atoms with Crippen LogP contribution in [-0.2, 0) is 0 Å². The van der Waals surface area contributed by atoms with Gasteiger partial charge in [-0.05, 0) is 24.3 Å². The number of para-hydroxylation sites is 1. The van der Waals surface area contributed by atoms with Crippen LogP contribution >= 0.6 is 0 Å². The number of amides is 2. The van der Waals surface area contributed by atoms with Crippen molar-refractivity contribution in [2.24, 2.45) is 0 Å². The Kier molecular flexibility index (Phi) is 4.71. The molecule has 0 spiro atoms. The van der Waals surface area contributed by atoms with Crippen molar-refractivity contribution in [2.45, 2.75) is 0 Å². The molecule has 0 bridgehead atoms. The van der Waals surface area contributed by atoms with Crippen LogP contribution in [-0.4, -0.2) is 21.6 Å². The van der Waals surface area contributed by atoms with Crippen LogP contribution in [0.15, 0.2) is 89.7 Å². The maximum atomic E-state index is 12.7. The first-order chi connectivity index (χ1) is 13.7. The summed E-state index contributed by atoms with van der Waals surface area (Å²) >= 11 is 0. The van der Waals surface area contributed by atoms with Gasteiger partial charge in [-0.1, -0.05) is 48.5 Å². The fourth-order valence-corrected chi connectivity index (χ4v) is 2.71. The summed E-state index contributed by atoms with van der Waals surface area (Å²) < 4.78 is 6.64. The number of nitrogens with zero attached hydrogens (tertiary/aromatic N) is 2. The summed E-state index contributed by atoms with van der Waals surface area (Å²) in [5, 5.41) is 4.57. The Morgan fingerprint density at radius 3 is 2.18 bits per heavy atom. The van der Waals surface area contributed by atoms with E-state index in [1.54, 1.807) is 16.9 Å². The molecule has 0 unspecified atom stereocenters. The average molecular weight is 372 g/mol. The lowest BCUT2D eigenvalue weighted by atomic mass is 10.1. The lowest BCUT2D eigenvalue weighted by Gasteiger charge is -2.06. The average Bonchev–Trinajstić information content (AvgIpc) is 3.43. The topological polar surface area (TPSA) is 89.2 Å². The quantitative estimate of drug-likeness (QED) is 0.539. The lowest BCUT2D eigenvalue weighted by molar-refractivity contribution is 0.0831. The van der Waals surface area contributed by atoms with Gasteiger partial charge in [0.1, 0.15) is 5.69 Å². The zero-order valence-electron chi connectivity index (χ0n) is 14.7. The van der Waals surface area contributed by atoms with E-state index >= 15 is 0 Å². The zero-order valence-corrected chi connectivity index (χ0v) is 14.7. The van der Waals surface area contributed by atoms with Crippen LogP contribution in [0.1, 0.15) is 20.9 Å². The van der Waals surface area contributed by atoms with E-state index < -0.39 is 11.8 Å². The first-order valence-corrected chi connectivity index (χ1v) is 8.57. The Bertz CT molecular complexity index is 1090. The molecule has 0 atom stereocenters. The molecule has 4 aromatic rings.